The molecular weight excluding hydrogens is 170 g/mol. The van der Waals surface area contributed by atoms with Gasteiger partial charge in [-0.3, -0.25) is 0 Å². The number of methoxy groups -OCH3 is 1. The van der Waals surface area contributed by atoms with Gasteiger partial charge in [0.2, 0.25) is 5.82 Å². The monoisotopic (exact) mass is 176 g/mol. The lowest BCUT2D eigenvalue weighted by Gasteiger charge is -2.04. The van der Waals surface area contributed by atoms with Crippen molar-refractivity contribution in [3.8, 4) is 5.88 Å². The van der Waals surface area contributed by atoms with Crippen LogP contribution in [0, 0.1) is 11.9 Å². The summed E-state index contributed by atoms with van der Waals surface area (Å²) in [6.07, 6.45) is 0. The zero-order chi connectivity index (χ0) is 9.14. The Morgan fingerprint density at radius 1 is 1.33 bits per heavy atom. The van der Waals surface area contributed by atoms with Crippen molar-refractivity contribution < 1.29 is 13.5 Å². The lowest BCUT2D eigenvalue weighted by Crippen LogP contribution is -2.12. The van der Waals surface area contributed by atoms with Gasteiger partial charge in [-0.05, 0) is 0 Å². The summed E-state index contributed by atoms with van der Waals surface area (Å²) in [5.74, 6) is 1.91. The molecule has 0 unspecified atom stereocenters. The van der Waals surface area contributed by atoms with E-state index in [4.69, 9.17) is 5.84 Å². The third-order valence-corrected chi connectivity index (χ3v) is 1.11. The molecular formula is C5H6F2N4O. The molecule has 1 aromatic heterocycles. The van der Waals surface area contributed by atoms with Gasteiger partial charge in [0.1, 0.15) is 0 Å². The SMILES string of the molecule is COc1nc(F)c(F)nc1NN. The van der Waals surface area contributed by atoms with E-state index in [1.54, 1.807) is 0 Å². The molecule has 7 heteroatoms. The van der Waals surface area contributed by atoms with Gasteiger partial charge in [0.25, 0.3) is 17.8 Å². The van der Waals surface area contributed by atoms with Gasteiger partial charge in [-0.2, -0.15) is 18.7 Å². The molecule has 0 aromatic carbocycles. The molecule has 12 heavy (non-hydrogen) atoms. The highest BCUT2D eigenvalue weighted by atomic mass is 19.2. The summed E-state index contributed by atoms with van der Waals surface area (Å²) in [7, 11) is 1.24. The number of nitrogens with one attached hydrogen (secondary N) is 1. The van der Waals surface area contributed by atoms with Gasteiger partial charge in [-0.25, -0.2) is 5.84 Å². The van der Waals surface area contributed by atoms with Gasteiger partial charge in [-0.15, -0.1) is 0 Å². The van der Waals surface area contributed by atoms with E-state index in [0.29, 0.717) is 0 Å². The molecule has 0 atom stereocenters. The summed E-state index contributed by atoms with van der Waals surface area (Å²) in [4.78, 5) is 6.19. The number of rotatable bonds is 2. The molecule has 1 heterocycles. The van der Waals surface area contributed by atoms with Crippen LogP contribution >= 0.6 is 0 Å². The summed E-state index contributed by atoms with van der Waals surface area (Å²) < 4.78 is 29.3. The third-order valence-electron chi connectivity index (χ3n) is 1.11. The fraction of sp³-hybridized carbons (Fsp3) is 0.200. The van der Waals surface area contributed by atoms with Crippen LogP contribution in [0.1, 0.15) is 0 Å². The molecule has 0 aliphatic heterocycles. The van der Waals surface area contributed by atoms with Crippen LogP contribution in [0.3, 0.4) is 0 Å². The maximum absolute atomic E-state index is 12.4. The molecule has 3 N–H and O–H groups in total. The predicted molar refractivity (Wildman–Crippen MR) is 36.3 cm³/mol. The molecule has 5 nitrogen and oxygen atoms in total. The molecule has 0 aliphatic carbocycles. The van der Waals surface area contributed by atoms with Gasteiger partial charge in [0.15, 0.2) is 0 Å². The molecule has 66 valence electrons. The summed E-state index contributed by atoms with van der Waals surface area (Å²) in [6, 6.07) is 0. The first-order chi connectivity index (χ1) is 5.69. The number of hydrogen-bond acceptors (Lipinski definition) is 5. The van der Waals surface area contributed by atoms with Gasteiger partial charge >= 0.3 is 0 Å². The molecule has 0 radical (unpaired) electrons. The van der Waals surface area contributed by atoms with Crippen molar-refractivity contribution in [3.63, 3.8) is 0 Å². The molecule has 0 fully saturated rings. The van der Waals surface area contributed by atoms with Crippen molar-refractivity contribution in [1.29, 1.82) is 0 Å². The Balaban J connectivity index is 3.19. The quantitative estimate of drug-likeness (QED) is 0.492. The highest BCUT2D eigenvalue weighted by Gasteiger charge is 2.12. The smallest absolute Gasteiger partial charge is 0.271 e. The Morgan fingerprint density at radius 3 is 2.42 bits per heavy atom. The highest BCUT2D eigenvalue weighted by molar-refractivity contribution is 5.43. The van der Waals surface area contributed by atoms with Crippen molar-refractivity contribution in [3.05, 3.63) is 11.9 Å². The zero-order valence-electron chi connectivity index (χ0n) is 6.14. The maximum Gasteiger partial charge on any atom is 0.271 e. The Kier molecular flexibility index (Phi) is 2.34. The average Bonchev–Trinajstić information content (AvgIpc) is 2.09. The van der Waals surface area contributed by atoms with E-state index in [1.807, 2.05) is 5.43 Å². The number of anilines is 1. The van der Waals surface area contributed by atoms with E-state index >= 15 is 0 Å². The van der Waals surface area contributed by atoms with Crippen LogP contribution in [0.4, 0.5) is 14.6 Å². The normalized spacial score (nSPS) is 9.67. The van der Waals surface area contributed by atoms with Crippen LogP contribution in [-0.4, -0.2) is 17.1 Å². The minimum absolute atomic E-state index is 0.156. The maximum atomic E-state index is 12.4. The molecule has 1 rings (SSSR count). The van der Waals surface area contributed by atoms with E-state index < -0.39 is 11.9 Å². The van der Waals surface area contributed by atoms with Crippen LogP contribution in [0.5, 0.6) is 5.88 Å². The van der Waals surface area contributed by atoms with Crippen molar-refractivity contribution in [2.45, 2.75) is 0 Å². The van der Waals surface area contributed by atoms with E-state index in [9.17, 15) is 8.78 Å². The number of halogens is 2. The number of ether oxygens (including phenoxy) is 1. The number of nitrogens with two attached hydrogens (primary N) is 1. The van der Waals surface area contributed by atoms with Crippen molar-refractivity contribution >= 4 is 5.82 Å². The predicted octanol–water partition coefficient (Wildman–Crippen LogP) is 0.0490. The number of aromatic nitrogens is 2. The minimum Gasteiger partial charge on any atom is -0.478 e. The molecule has 1 aromatic rings. The van der Waals surface area contributed by atoms with Crippen LogP contribution < -0.4 is 16.0 Å². The Morgan fingerprint density at radius 2 is 1.92 bits per heavy atom. The average molecular weight is 176 g/mol. The number of hydrazine groups is 1. The molecule has 0 spiro atoms. The van der Waals surface area contributed by atoms with Crippen molar-refractivity contribution in [2.75, 3.05) is 12.5 Å². The standard InChI is InChI=1S/C5H6F2N4O/c1-12-5-4(11-8)9-2(6)3(7)10-5/h8H2,1H3,(H,9,11). The van der Waals surface area contributed by atoms with Gasteiger partial charge in [-0.1, -0.05) is 0 Å². The van der Waals surface area contributed by atoms with Crippen LogP contribution in [0.15, 0.2) is 0 Å². The fourth-order valence-electron chi connectivity index (χ4n) is 0.617. The van der Waals surface area contributed by atoms with Crippen LogP contribution in [0.2, 0.25) is 0 Å². The molecule has 0 aliphatic rings. The van der Waals surface area contributed by atoms with Crippen LogP contribution in [0.25, 0.3) is 0 Å². The van der Waals surface area contributed by atoms with Crippen molar-refractivity contribution in [2.24, 2.45) is 5.84 Å². The summed E-state index contributed by atoms with van der Waals surface area (Å²) >= 11 is 0. The Labute approximate surface area is 66.5 Å². The largest absolute Gasteiger partial charge is 0.478 e. The second-order valence-electron chi connectivity index (χ2n) is 1.81. The summed E-state index contributed by atoms with van der Waals surface area (Å²) in [6.45, 7) is 0. The van der Waals surface area contributed by atoms with E-state index in [-0.39, 0.29) is 11.7 Å². The Bertz CT molecular complexity index is 264. The molecule has 0 saturated carbocycles. The lowest BCUT2D eigenvalue weighted by molar-refractivity contribution is 0.370. The fourth-order valence-corrected chi connectivity index (χ4v) is 0.617. The highest BCUT2D eigenvalue weighted by Crippen LogP contribution is 2.18. The van der Waals surface area contributed by atoms with E-state index in [1.165, 1.54) is 7.11 Å². The molecule has 0 saturated heterocycles. The Hall–Kier alpha value is -1.50. The van der Waals surface area contributed by atoms with Crippen molar-refractivity contribution in [1.82, 2.24) is 9.97 Å². The number of hydrogen-bond donors (Lipinski definition) is 2. The minimum atomic E-state index is -1.33. The zero-order valence-corrected chi connectivity index (χ0v) is 6.14. The first kappa shape index (κ1) is 8.60. The second kappa shape index (κ2) is 3.26. The molecule has 0 amide bonds. The topological polar surface area (TPSA) is 73.1 Å². The van der Waals surface area contributed by atoms with E-state index in [2.05, 4.69) is 14.7 Å². The summed E-state index contributed by atoms with van der Waals surface area (Å²) in [5, 5.41) is 0. The molecule has 0 bridgehead atoms. The summed E-state index contributed by atoms with van der Waals surface area (Å²) in [5.41, 5.74) is 2.01. The number of nitrogens with zero attached hydrogens (tertiary/aromatic N) is 2. The van der Waals surface area contributed by atoms with Gasteiger partial charge in [0, 0.05) is 0 Å². The number of nitrogen functional groups attached to an aromatic ring is 1. The van der Waals surface area contributed by atoms with Gasteiger partial charge in [0.05, 0.1) is 7.11 Å². The first-order valence-corrected chi connectivity index (χ1v) is 2.92. The third kappa shape index (κ3) is 1.40. The van der Waals surface area contributed by atoms with Gasteiger partial charge < -0.3 is 10.2 Å². The lowest BCUT2D eigenvalue weighted by atomic mass is 10.6. The second-order valence-corrected chi connectivity index (χ2v) is 1.81. The van der Waals surface area contributed by atoms with Crippen LogP contribution in [-0.2, 0) is 0 Å². The first-order valence-electron chi connectivity index (χ1n) is 2.92. The van der Waals surface area contributed by atoms with E-state index in [0.717, 1.165) is 0 Å².